The summed E-state index contributed by atoms with van der Waals surface area (Å²) in [6.45, 7) is 1.39. The van der Waals surface area contributed by atoms with Gasteiger partial charge in [0.25, 0.3) is 5.69 Å². The standard InChI is InChI=1S/C13H14N4O3/c18-10-2-1-5-16(8-10)13-7-14-12-6-9(17(19)20)3-4-11(12)15-13/h3-4,6-7,10,18H,1-2,5,8H2/t10-/m1/s1. The van der Waals surface area contributed by atoms with Crippen LogP contribution in [0, 0.1) is 10.1 Å². The van der Waals surface area contributed by atoms with Crippen LogP contribution in [-0.2, 0) is 0 Å². The van der Waals surface area contributed by atoms with E-state index >= 15 is 0 Å². The highest BCUT2D eigenvalue weighted by molar-refractivity contribution is 5.78. The van der Waals surface area contributed by atoms with Gasteiger partial charge in [-0.2, -0.15) is 0 Å². The number of aromatic nitrogens is 2. The van der Waals surface area contributed by atoms with Gasteiger partial charge in [-0.1, -0.05) is 0 Å². The van der Waals surface area contributed by atoms with Crippen LogP contribution in [0.5, 0.6) is 0 Å². The van der Waals surface area contributed by atoms with Crippen molar-refractivity contribution >= 4 is 22.5 Å². The average molecular weight is 274 g/mol. The van der Waals surface area contributed by atoms with Gasteiger partial charge < -0.3 is 10.0 Å². The molecule has 1 aromatic heterocycles. The number of nitrogens with zero attached hydrogens (tertiary/aromatic N) is 4. The van der Waals surface area contributed by atoms with Gasteiger partial charge in [-0.25, -0.2) is 4.98 Å². The van der Waals surface area contributed by atoms with Crippen LogP contribution in [0.15, 0.2) is 24.4 Å². The molecule has 1 saturated heterocycles. The highest BCUT2D eigenvalue weighted by atomic mass is 16.6. The lowest BCUT2D eigenvalue weighted by molar-refractivity contribution is -0.384. The Morgan fingerprint density at radius 1 is 1.40 bits per heavy atom. The molecule has 0 unspecified atom stereocenters. The molecule has 7 nitrogen and oxygen atoms in total. The Morgan fingerprint density at radius 2 is 2.25 bits per heavy atom. The molecule has 7 heteroatoms. The van der Waals surface area contributed by atoms with E-state index in [2.05, 4.69) is 9.97 Å². The van der Waals surface area contributed by atoms with Crippen LogP contribution in [-0.4, -0.2) is 39.2 Å². The molecular formula is C13H14N4O3. The Morgan fingerprint density at radius 3 is 3.00 bits per heavy atom. The summed E-state index contributed by atoms with van der Waals surface area (Å²) in [7, 11) is 0. The topological polar surface area (TPSA) is 92.4 Å². The molecule has 1 aliphatic heterocycles. The predicted octanol–water partition coefficient (Wildman–Crippen LogP) is 1.50. The van der Waals surface area contributed by atoms with Crippen LogP contribution in [0.2, 0.25) is 0 Å². The van der Waals surface area contributed by atoms with E-state index in [4.69, 9.17) is 0 Å². The zero-order valence-electron chi connectivity index (χ0n) is 10.8. The van der Waals surface area contributed by atoms with E-state index in [-0.39, 0.29) is 11.8 Å². The molecule has 0 radical (unpaired) electrons. The summed E-state index contributed by atoms with van der Waals surface area (Å²) in [5.41, 5.74) is 1.13. The third kappa shape index (κ3) is 2.39. The maximum absolute atomic E-state index is 10.7. The maximum atomic E-state index is 10.7. The Hall–Kier alpha value is -2.28. The second-order valence-electron chi connectivity index (χ2n) is 4.90. The Labute approximate surface area is 115 Å². The number of fused-ring (bicyclic) bond motifs is 1. The number of hydrogen-bond acceptors (Lipinski definition) is 6. The van der Waals surface area contributed by atoms with Crippen LogP contribution in [0.4, 0.5) is 11.5 Å². The smallest absolute Gasteiger partial charge is 0.271 e. The number of nitro benzene ring substituents is 1. The summed E-state index contributed by atoms with van der Waals surface area (Å²) >= 11 is 0. The normalized spacial score (nSPS) is 19.2. The molecule has 104 valence electrons. The van der Waals surface area contributed by atoms with E-state index in [1.165, 1.54) is 12.1 Å². The first-order valence-electron chi connectivity index (χ1n) is 6.48. The van der Waals surface area contributed by atoms with Crippen molar-refractivity contribution in [1.29, 1.82) is 0 Å². The van der Waals surface area contributed by atoms with Gasteiger partial charge in [0, 0.05) is 25.2 Å². The average Bonchev–Trinajstić information content (AvgIpc) is 2.46. The van der Waals surface area contributed by atoms with E-state index in [9.17, 15) is 15.2 Å². The van der Waals surface area contributed by atoms with E-state index in [0.29, 0.717) is 23.4 Å². The van der Waals surface area contributed by atoms with Crippen LogP contribution in [0.3, 0.4) is 0 Å². The SMILES string of the molecule is O=[N+]([O-])c1ccc2nc(N3CCC[C@@H](O)C3)cnc2c1. The number of anilines is 1. The number of nitro groups is 1. The van der Waals surface area contributed by atoms with Crippen molar-refractivity contribution in [3.63, 3.8) is 0 Å². The van der Waals surface area contributed by atoms with E-state index in [1.54, 1.807) is 12.3 Å². The molecule has 0 amide bonds. The lowest BCUT2D eigenvalue weighted by Gasteiger charge is -2.30. The van der Waals surface area contributed by atoms with Crippen molar-refractivity contribution in [2.24, 2.45) is 0 Å². The van der Waals surface area contributed by atoms with Gasteiger partial charge in [-0.05, 0) is 18.9 Å². The summed E-state index contributed by atoms with van der Waals surface area (Å²) in [5.74, 6) is 0.699. The number of non-ortho nitro benzene ring substituents is 1. The number of β-amino-alcohol motifs (C(OH)–C–C–N with tert-alkyl or cyclic N) is 1. The Bertz CT molecular complexity index is 661. The molecule has 2 aromatic rings. The monoisotopic (exact) mass is 274 g/mol. The van der Waals surface area contributed by atoms with E-state index < -0.39 is 4.92 Å². The molecule has 0 saturated carbocycles. The van der Waals surface area contributed by atoms with Gasteiger partial charge in [0.15, 0.2) is 0 Å². The maximum Gasteiger partial charge on any atom is 0.271 e. The van der Waals surface area contributed by atoms with Crippen molar-refractivity contribution in [2.75, 3.05) is 18.0 Å². The first-order chi connectivity index (χ1) is 9.63. The number of piperidine rings is 1. The lowest BCUT2D eigenvalue weighted by atomic mass is 10.1. The minimum absolute atomic E-state index is 0.00736. The van der Waals surface area contributed by atoms with Crippen LogP contribution >= 0.6 is 0 Å². The number of rotatable bonds is 2. The molecule has 2 heterocycles. The fourth-order valence-corrected chi connectivity index (χ4v) is 2.42. The van der Waals surface area contributed by atoms with Crippen LogP contribution in [0.1, 0.15) is 12.8 Å². The molecular weight excluding hydrogens is 260 g/mol. The predicted molar refractivity (Wildman–Crippen MR) is 73.6 cm³/mol. The molecule has 1 aliphatic rings. The van der Waals surface area contributed by atoms with Gasteiger partial charge in [0.05, 0.1) is 28.3 Å². The lowest BCUT2D eigenvalue weighted by Crippen LogP contribution is -2.38. The summed E-state index contributed by atoms with van der Waals surface area (Å²) < 4.78 is 0. The molecule has 1 aromatic carbocycles. The fraction of sp³-hybridized carbons (Fsp3) is 0.385. The van der Waals surface area contributed by atoms with E-state index in [0.717, 1.165) is 19.4 Å². The molecule has 0 aliphatic carbocycles. The summed E-state index contributed by atoms with van der Waals surface area (Å²) in [4.78, 5) is 21.0. The number of benzene rings is 1. The van der Waals surface area contributed by atoms with Crippen molar-refractivity contribution in [3.8, 4) is 0 Å². The highest BCUT2D eigenvalue weighted by Gasteiger charge is 2.19. The van der Waals surface area contributed by atoms with Crippen molar-refractivity contribution in [3.05, 3.63) is 34.5 Å². The van der Waals surface area contributed by atoms with Gasteiger partial charge in [0.1, 0.15) is 5.82 Å². The minimum Gasteiger partial charge on any atom is -0.391 e. The van der Waals surface area contributed by atoms with Gasteiger partial charge in [-0.15, -0.1) is 0 Å². The molecule has 1 fully saturated rings. The summed E-state index contributed by atoms with van der Waals surface area (Å²) in [5, 5.41) is 20.4. The van der Waals surface area contributed by atoms with Gasteiger partial charge in [-0.3, -0.25) is 15.1 Å². The first kappa shape index (κ1) is 12.7. The van der Waals surface area contributed by atoms with Crippen molar-refractivity contribution in [1.82, 2.24) is 9.97 Å². The summed E-state index contributed by atoms with van der Waals surface area (Å²) in [6, 6.07) is 4.44. The van der Waals surface area contributed by atoms with Crippen molar-refractivity contribution in [2.45, 2.75) is 18.9 Å². The molecule has 0 spiro atoms. The van der Waals surface area contributed by atoms with Gasteiger partial charge >= 0.3 is 0 Å². The van der Waals surface area contributed by atoms with Crippen molar-refractivity contribution < 1.29 is 10.0 Å². The molecule has 1 N–H and O–H groups in total. The third-order valence-electron chi connectivity index (χ3n) is 3.44. The largest absolute Gasteiger partial charge is 0.391 e. The molecule has 20 heavy (non-hydrogen) atoms. The van der Waals surface area contributed by atoms with Crippen LogP contribution < -0.4 is 4.90 Å². The number of aliphatic hydroxyl groups excluding tert-OH is 1. The number of aliphatic hydroxyl groups is 1. The second kappa shape index (κ2) is 5.01. The summed E-state index contributed by atoms with van der Waals surface area (Å²) in [6.07, 6.45) is 2.99. The number of hydrogen-bond donors (Lipinski definition) is 1. The Kier molecular flexibility index (Phi) is 3.19. The third-order valence-corrected chi connectivity index (χ3v) is 3.44. The highest BCUT2D eigenvalue weighted by Crippen LogP contribution is 2.22. The fourth-order valence-electron chi connectivity index (χ4n) is 2.42. The first-order valence-corrected chi connectivity index (χ1v) is 6.48. The van der Waals surface area contributed by atoms with Gasteiger partial charge in [0.2, 0.25) is 0 Å². The minimum atomic E-state index is -0.448. The molecule has 1 atom stereocenters. The zero-order valence-corrected chi connectivity index (χ0v) is 10.8. The van der Waals surface area contributed by atoms with Crippen LogP contribution in [0.25, 0.3) is 11.0 Å². The molecule has 3 rings (SSSR count). The Balaban J connectivity index is 1.94. The zero-order chi connectivity index (χ0) is 14.1. The second-order valence-corrected chi connectivity index (χ2v) is 4.90. The molecule has 0 bridgehead atoms. The quantitative estimate of drug-likeness (QED) is 0.659. The van der Waals surface area contributed by atoms with E-state index in [1.807, 2.05) is 4.90 Å².